The third-order valence-electron chi connectivity index (χ3n) is 4.88. The molecule has 1 aliphatic rings. The van der Waals surface area contributed by atoms with Crippen LogP contribution in [0.15, 0.2) is 52.3 Å². The van der Waals surface area contributed by atoms with Crippen molar-refractivity contribution in [3.63, 3.8) is 0 Å². The first-order valence-corrected chi connectivity index (χ1v) is 10.9. The Morgan fingerprint density at radius 3 is 3.07 bits per heavy atom. The van der Waals surface area contributed by atoms with Crippen molar-refractivity contribution in [3.05, 3.63) is 64.0 Å². The van der Waals surface area contributed by atoms with E-state index < -0.39 is 0 Å². The van der Waals surface area contributed by atoms with E-state index in [0.29, 0.717) is 13.1 Å². The van der Waals surface area contributed by atoms with Crippen LogP contribution in [-0.4, -0.2) is 28.9 Å². The fourth-order valence-electron chi connectivity index (χ4n) is 3.45. The van der Waals surface area contributed by atoms with Crippen LogP contribution in [0.4, 0.5) is 0 Å². The van der Waals surface area contributed by atoms with Crippen LogP contribution in [0.2, 0.25) is 0 Å². The molecular weight excluding hydrogens is 390 g/mol. The monoisotopic (exact) mass is 409 g/mol. The Bertz CT molecular complexity index is 1090. The Hall–Kier alpha value is -2.48. The maximum atomic E-state index is 12.3. The summed E-state index contributed by atoms with van der Waals surface area (Å²) in [5, 5.41) is 5.96. The quantitative estimate of drug-likeness (QED) is 0.534. The molecule has 1 N–H and O–H groups in total. The molecule has 142 valence electrons. The third-order valence-corrected chi connectivity index (χ3v) is 6.95. The number of thiazole rings is 1. The number of rotatable bonds is 5. The van der Waals surface area contributed by atoms with Gasteiger partial charge in [0.1, 0.15) is 5.76 Å². The predicted molar refractivity (Wildman–Crippen MR) is 112 cm³/mol. The van der Waals surface area contributed by atoms with Gasteiger partial charge >= 0.3 is 0 Å². The van der Waals surface area contributed by atoms with Crippen molar-refractivity contribution in [1.29, 1.82) is 0 Å². The molecule has 28 heavy (non-hydrogen) atoms. The third kappa shape index (κ3) is 3.61. The Balaban J connectivity index is 1.18. The van der Waals surface area contributed by atoms with Crippen LogP contribution in [0.5, 0.6) is 0 Å². The average Bonchev–Trinajstić information content (AvgIpc) is 3.44. The highest BCUT2D eigenvalue weighted by Crippen LogP contribution is 2.31. The van der Waals surface area contributed by atoms with Gasteiger partial charge in [-0.15, -0.1) is 22.7 Å². The summed E-state index contributed by atoms with van der Waals surface area (Å²) in [5.41, 5.74) is 2.33. The molecule has 0 spiro atoms. The molecule has 5 nitrogen and oxygen atoms in total. The van der Waals surface area contributed by atoms with E-state index in [9.17, 15) is 4.79 Å². The van der Waals surface area contributed by atoms with Crippen molar-refractivity contribution in [3.8, 4) is 10.8 Å². The zero-order chi connectivity index (χ0) is 18.9. The summed E-state index contributed by atoms with van der Waals surface area (Å²) in [6, 6.07) is 14.0. The first-order chi connectivity index (χ1) is 13.7. The van der Waals surface area contributed by atoms with Gasteiger partial charge in [-0.25, -0.2) is 4.98 Å². The molecule has 0 saturated carbocycles. The van der Waals surface area contributed by atoms with Crippen LogP contribution in [0.25, 0.3) is 21.0 Å². The lowest BCUT2D eigenvalue weighted by molar-refractivity contribution is -0.122. The Morgan fingerprint density at radius 2 is 2.14 bits per heavy atom. The first kappa shape index (κ1) is 17.6. The second-order valence-corrected chi connectivity index (χ2v) is 8.89. The molecule has 1 aromatic carbocycles. The van der Waals surface area contributed by atoms with Crippen molar-refractivity contribution in [2.45, 2.75) is 19.5 Å². The molecule has 4 heterocycles. The summed E-state index contributed by atoms with van der Waals surface area (Å²) in [7, 11) is 0. The second kappa shape index (κ2) is 7.50. The molecule has 1 aliphatic heterocycles. The van der Waals surface area contributed by atoms with E-state index in [1.165, 1.54) is 10.4 Å². The minimum atomic E-state index is 0.0246. The molecule has 7 heteroatoms. The summed E-state index contributed by atoms with van der Waals surface area (Å²) < 4.78 is 7.03. The molecule has 0 aliphatic carbocycles. The number of carbonyl (C=O) groups excluding carboxylic acids is 1. The SMILES string of the molecule is O=C(CN1CCc2sccc2C1)NCc1ccc(-c2nc3ccccc3s2)o1. The number of benzene rings is 1. The fraction of sp³-hybridized carbons (Fsp3) is 0.238. The largest absolute Gasteiger partial charge is 0.457 e. The summed E-state index contributed by atoms with van der Waals surface area (Å²) in [5.74, 6) is 1.50. The Kier molecular flexibility index (Phi) is 4.72. The van der Waals surface area contributed by atoms with Crippen LogP contribution in [0.3, 0.4) is 0 Å². The number of nitrogens with zero attached hydrogens (tertiary/aromatic N) is 2. The first-order valence-electron chi connectivity index (χ1n) is 9.23. The Labute approximate surface area is 170 Å². The van der Waals surface area contributed by atoms with Crippen molar-refractivity contribution >= 4 is 38.8 Å². The number of furan rings is 1. The molecule has 3 aromatic heterocycles. The van der Waals surface area contributed by atoms with E-state index >= 15 is 0 Å². The van der Waals surface area contributed by atoms with Crippen molar-refractivity contribution in [2.24, 2.45) is 0 Å². The summed E-state index contributed by atoms with van der Waals surface area (Å²) >= 11 is 3.42. The van der Waals surface area contributed by atoms with E-state index in [-0.39, 0.29) is 5.91 Å². The van der Waals surface area contributed by atoms with Gasteiger partial charge in [0, 0.05) is 18.0 Å². The minimum Gasteiger partial charge on any atom is -0.457 e. The Morgan fingerprint density at radius 1 is 1.21 bits per heavy atom. The van der Waals surface area contributed by atoms with Crippen LogP contribution in [-0.2, 0) is 24.3 Å². The van der Waals surface area contributed by atoms with Gasteiger partial charge in [-0.3, -0.25) is 9.69 Å². The molecular formula is C21H19N3O2S2. The van der Waals surface area contributed by atoms with Crippen LogP contribution in [0.1, 0.15) is 16.2 Å². The predicted octanol–water partition coefficient (Wildman–Crippen LogP) is 4.29. The lowest BCUT2D eigenvalue weighted by atomic mass is 10.1. The minimum absolute atomic E-state index is 0.0246. The molecule has 0 atom stereocenters. The number of nitrogens with one attached hydrogen (secondary N) is 1. The van der Waals surface area contributed by atoms with E-state index in [1.807, 2.05) is 41.7 Å². The van der Waals surface area contributed by atoms with E-state index in [0.717, 1.165) is 46.3 Å². The van der Waals surface area contributed by atoms with E-state index in [4.69, 9.17) is 4.42 Å². The van der Waals surface area contributed by atoms with Gasteiger partial charge in [-0.05, 0) is 47.7 Å². The van der Waals surface area contributed by atoms with Crippen LogP contribution in [0, 0.1) is 0 Å². The zero-order valence-electron chi connectivity index (χ0n) is 15.2. The van der Waals surface area contributed by atoms with E-state index in [1.54, 1.807) is 11.3 Å². The van der Waals surface area contributed by atoms with Gasteiger partial charge < -0.3 is 9.73 Å². The standard InChI is InChI=1S/C21H19N3O2S2/c25-20(13-24-9-7-18-14(12-24)8-10-27-18)22-11-15-5-6-17(26-15)21-23-16-3-1-2-4-19(16)28-21/h1-6,8,10H,7,9,11-13H2,(H,22,25). The maximum absolute atomic E-state index is 12.3. The lowest BCUT2D eigenvalue weighted by Gasteiger charge is -2.25. The molecule has 0 fully saturated rings. The van der Waals surface area contributed by atoms with Gasteiger partial charge in [0.15, 0.2) is 10.8 Å². The van der Waals surface area contributed by atoms with E-state index in [2.05, 4.69) is 32.7 Å². The molecule has 0 unspecified atom stereocenters. The van der Waals surface area contributed by atoms with Crippen LogP contribution < -0.4 is 5.32 Å². The highest BCUT2D eigenvalue weighted by Gasteiger charge is 2.19. The number of amides is 1. The van der Waals surface area contributed by atoms with Gasteiger partial charge in [-0.1, -0.05) is 12.1 Å². The number of hydrogen-bond acceptors (Lipinski definition) is 6. The molecule has 0 saturated heterocycles. The smallest absolute Gasteiger partial charge is 0.234 e. The fourth-order valence-corrected chi connectivity index (χ4v) is 5.27. The topological polar surface area (TPSA) is 58.4 Å². The van der Waals surface area contributed by atoms with Gasteiger partial charge in [0.25, 0.3) is 0 Å². The molecule has 0 bridgehead atoms. The second-order valence-electron chi connectivity index (χ2n) is 6.86. The summed E-state index contributed by atoms with van der Waals surface area (Å²) in [4.78, 5) is 20.6. The number of thiophene rings is 1. The normalized spacial score (nSPS) is 14.3. The molecule has 0 radical (unpaired) electrons. The number of para-hydroxylation sites is 1. The number of aromatic nitrogens is 1. The highest BCUT2D eigenvalue weighted by atomic mass is 32.1. The van der Waals surface area contributed by atoms with Crippen molar-refractivity contribution in [2.75, 3.05) is 13.1 Å². The van der Waals surface area contributed by atoms with Crippen molar-refractivity contribution < 1.29 is 9.21 Å². The van der Waals surface area contributed by atoms with Crippen molar-refractivity contribution in [1.82, 2.24) is 15.2 Å². The van der Waals surface area contributed by atoms with Gasteiger partial charge in [0.2, 0.25) is 5.91 Å². The molecule has 5 rings (SSSR count). The van der Waals surface area contributed by atoms with Crippen LogP contribution >= 0.6 is 22.7 Å². The number of hydrogen-bond donors (Lipinski definition) is 1. The lowest BCUT2D eigenvalue weighted by Crippen LogP contribution is -2.39. The van der Waals surface area contributed by atoms with Gasteiger partial charge in [0.05, 0.1) is 23.3 Å². The molecule has 4 aromatic rings. The zero-order valence-corrected chi connectivity index (χ0v) is 16.8. The summed E-state index contributed by atoms with van der Waals surface area (Å²) in [6.07, 6.45) is 1.03. The maximum Gasteiger partial charge on any atom is 0.234 e. The summed E-state index contributed by atoms with van der Waals surface area (Å²) in [6.45, 7) is 2.60. The average molecular weight is 410 g/mol. The van der Waals surface area contributed by atoms with Gasteiger partial charge in [-0.2, -0.15) is 0 Å². The molecule has 1 amide bonds. The highest BCUT2D eigenvalue weighted by molar-refractivity contribution is 7.21. The number of fused-ring (bicyclic) bond motifs is 2. The number of carbonyl (C=O) groups is 1.